The fraction of sp³-hybridized carbons (Fsp3) is 0.209. The lowest BCUT2D eigenvalue weighted by atomic mass is 9.65. The zero-order chi connectivity index (χ0) is 39.8. The Kier molecular flexibility index (Phi) is 9.73. The molecule has 2 saturated heterocycles. The number of ether oxygens (including phenoxy) is 3. The molecule has 0 saturated carbocycles. The van der Waals surface area contributed by atoms with Crippen molar-refractivity contribution < 1.29 is 48.5 Å². The summed E-state index contributed by atoms with van der Waals surface area (Å²) in [6.07, 6.45) is -2.06. The van der Waals surface area contributed by atoms with Crippen molar-refractivity contribution in [2.45, 2.75) is 36.3 Å². The van der Waals surface area contributed by atoms with Gasteiger partial charge in [-0.05, 0) is 58.1 Å². The Morgan fingerprint density at radius 3 is 2.12 bits per heavy atom. The molecule has 2 amide bonds. The lowest BCUT2D eigenvalue weighted by molar-refractivity contribution is -0.384. The van der Waals surface area contributed by atoms with E-state index < -0.39 is 64.4 Å². The number of imide groups is 1. The average Bonchev–Trinajstić information content (AvgIpc) is 3.69. The van der Waals surface area contributed by atoms with E-state index in [9.17, 15) is 34.7 Å². The van der Waals surface area contributed by atoms with Crippen LogP contribution in [0.3, 0.4) is 0 Å². The minimum atomic E-state index is -2.13. The molecule has 14 heteroatoms. The lowest BCUT2D eigenvalue weighted by Gasteiger charge is -2.46. The minimum absolute atomic E-state index is 0.0471. The predicted molar refractivity (Wildman–Crippen MR) is 202 cm³/mol. The van der Waals surface area contributed by atoms with Crippen molar-refractivity contribution in [3.8, 4) is 5.75 Å². The van der Waals surface area contributed by atoms with E-state index in [0.717, 1.165) is 4.90 Å². The third-order valence-electron chi connectivity index (χ3n) is 10.9. The maximum absolute atomic E-state index is 15.6. The number of nitro benzene ring substituents is 1. The Morgan fingerprint density at radius 1 is 0.807 bits per heavy atom. The number of benzene rings is 5. The van der Waals surface area contributed by atoms with Gasteiger partial charge in [0.2, 0.25) is 5.91 Å². The largest absolute Gasteiger partial charge is 0.491 e. The molecule has 8 rings (SSSR count). The molecular formula is C43H35N3O11. The number of amides is 2. The van der Waals surface area contributed by atoms with Gasteiger partial charge in [-0.1, -0.05) is 91.0 Å². The zero-order valence-electron chi connectivity index (χ0n) is 30.1. The molecule has 5 aromatic rings. The van der Waals surface area contributed by atoms with Crippen LogP contribution in [0.25, 0.3) is 0 Å². The van der Waals surface area contributed by atoms with Crippen LogP contribution in [0.1, 0.15) is 46.0 Å². The molecule has 288 valence electrons. The highest BCUT2D eigenvalue weighted by atomic mass is 16.6. The topological polar surface area (TPSA) is 186 Å². The SMILES string of the molecule is O=C1OC(c2ccccc2)C(c2ccccc2)N2C1C(C(=O)O)C1(C(=O)N(C(=O)OCc3ccc([N+](=O)[O-])cc3)c3ccccc31)C2c1cccc(OCCO)c1. The molecule has 2 fully saturated rings. The van der Waals surface area contributed by atoms with Crippen LogP contribution in [0, 0.1) is 16.0 Å². The lowest BCUT2D eigenvalue weighted by Crippen LogP contribution is -2.53. The van der Waals surface area contributed by atoms with Gasteiger partial charge in [0, 0.05) is 12.1 Å². The second-order valence-electron chi connectivity index (χ2n) is 13.9. The van der Waals surface area contributed by atoms with E-state index in [1.807, 2.05) is 48.5 Å². The second-order valence-corrected chi connectivity index (χ2v) is 13.9. The number of cyclic esters (lactones) is 1. The summed E-state index contributed by atoms with van der Waals surface area (Å²) in [5, 5.41) is 32.1. The maximum atomic E-state index is 15.6. The molecular weight excluding hydrogens is 734 g/mol. The van der Waals surface area contributed by atoms with Crippen molar-refractivity contribution in [3.63, 3.8) is 0 Å². The van der Waals surface area contributed by atoms with Crippen LogP contribution >= 0.6 is 0 Å². The van der Waals surface area contributed by atoms with Gasteiger partial charge in [-0.3, -0.25) is 29.4 Å². The third-order valence-corrected chi connectivity index (χ3v) is 10.9. The fourth-order valence-corrected chi connectivity index (χ4v) is 8.68. The van der Waals surface area contributed by atoms with E-state index in [4.69, 9.17) is 14.2 Å². The number of esters is 1. The van der Waals surface area contributed by atoms with Crippen molar-refractivity contribution in [2.24, 2.45) is 5.92 Å². The summed E-state index contributed by atoms with van der Waals surface area (Å²) >= 11 is 0. The highest BCUT2D eigenvalue weighted by Gasteiger charge is 2.76. The van der Waals surface area contributed by atoms with E-state index in [1.54, 1.807) is 59.5 Å². The monoisotopic (exact) mass is 769 g/mol. The number of morpholine rings is 1. The number of carboxylic acid groups (broad SMARTS) is 1. The summed E-state index contributed by atoms with van der Waals surface area (Å²) in [4.78, 5) is 71.5. The number of hydrogen-bond donors (Lipinski definition) is 2. The molecule has 0 bridgehead atoms. The number of carboxylic acids is 1. The Hall–Kier alpha value is -6.90. The predicted octanol–water partition coefficient (Wildman–Crippen LogP) is 6.05. The average molecular weight is 770 g/mol. The van der Waals surface area contributed by atoms with E-state index in [1.165, 1.54) is 30.3 Å². The van der Waals surface area contributed by atoms with Crippen LogP contribution in [0.4, 0.5) is 16.2 Å². The molecule has 5 aromatic carbocycles. The Bertz CT molecular complexity index is 2360. The number of non-ortho nitro benzene ring substituents is 1. The van der Waals surface area contributed by atoms with Crippen LogP contribution in [0.15, 0.2) is 133 Å². The number of aliphatic hydroxyl groups excluding tert-OH is 1. The smallest absolute Gasteiger partial charge is 0.421 e. The second kappa shape index (κ2) is 15.0. The normalized spacial score (nSPS) is 23.7. The number of carbonyl (C=O) groups excluding carboxylic acids is 3. The first-order valence-electron chi connectivity index (χ1n) is 18.1. The van der Waals surface area contributed by atoms with Gasteiger partial charge in [0.05, 0.1) is 29.3 Å². The summed E-state index contributed by atoms with van der Waals surface area (Å²) in [7, 11) is 0. The standard InChI is InChI=1S/C43H35N3O11/c47-22-23-55-31-15-9-14-29(24-31)38-43(32-16-7-8-17-33(32)44(41(43)51)42(52)56-25-26-18-20-30(21-19-26)46(53)54)34(39(48)49)36-40(50)57-37(28-12-5-2-6-13-28)35(45(36)38)27-10-3-1-4-11-27/h1-21,24,34-38,47H,22-23,25H2,(H,48,49). The van der Waals surface area contributed by atoms with Gasteiger partial charge in [0.25, 0.3) is 5.69 Å². The minimum Gasteiger partial charge on any atom is -0.491 e. The molecule has 6 unspecified atom stereocenters. The van der Waals surface area contributed by atoms with E-state index >= 15 is 4.79 Å². The van der Waals surface area contributed by atoms with Crippen LogP contribution < -0.4 is 9.64 Å². The van der Waals surface area contributed by atoms with Gasteiger partial charge in [-0.15, -0.1) is 0 Å². The Morgan fingerprint density at radius 2 is 1.46 bits per heavy atom. The molecule has 6 atom stereocenters. The molecule has 0 aromatic heterocycles. The number of fused-ring (bicyclic) bond motifs is 3. The van der Waals surface area contributed by atoms with Crippen LogP contribution in [0.5, 0.6) is 5.75 Å². The molecule has 0 aliphatic carbocycles. The highest BCUT2D eigenvalue weighted by Crippen LogP contribution is 2.65. The first kappa shape index (κ1) is 37.0. The van der Waals surface area contributed by atoms with Gasteiger partial charge in [0.1, 0.15) is 42.4 Å². The summed E-state index contributed by atoms with van der Waals surface area (Å²) in [5.74, 6) is -4.72. The number of nitro groups is 1. The van der Waals surface area contributed by atoms with Gasteiger partial charge in [0.15, 0.2) is 0 Å². The number of carbonyl (C=O) groups is 4. The molecule has 3 aliphatic rings. The van der Waals surface area contributed by atoms with Crippen LogP contribution in [-0.4, -0.2) is 63.2 Å². The molecule has 1 spiro atoms. The first-order valence-corrected chi connectivity index (χ1v) is 18.1. The van der Waals surface area contributed by atoms with Gasteiger partial charge in [-0.2, -0.15) is 0 Å². The third kappa shape index (κ3) is 6.15. The fourth-order valence-electron chi connectivity index (χ4n) is 8.68. The summed E-state index contributed by atoms with van der Waals surface area (Å²) in [6.45, 7) is -0.688. The van der Waals surface area contributed by atoms with Crippen molar-refractivity contribution in [2.75, 3.05) is 18.1 Å². The zero-order valence-corrected chi connectivity index (χ0v) is 30.1. The molecule has 57 heavy (non-hydrogen) atoms. The number of nitrogens with zero attached hydrogens (tertiary/aromatic N) is 3. The van der Waals surface area contributed by atoms with Crippen molar-refractivity contribution in [3.05, 3.63) is 171 Å². The quantitative estimate of drug-likeness (QED) is 0.0953. The highest BCUT2D eigenvalue weighted by molar-refractivity contribution is 6.23. The van der Waals surface area contributed by atoms with E-state index in [-0.39, 0.29) is 36.8 Å². The van der Waals surface area contributed by atoms with Crippen molar-refractivity contribution in [1.29, 1.82) is 0 Å². The number of hydrogen-bond acceptors (Lipinski definition) is 11. The number of anilines is 1. The van der Waals surface area contributed by atoms with Crippen LogP contribution in [-0.2, 0) is 35.9 Å². The number of para-hydroxylation sites is 1. The summed E-state index contributed by atoms with van der Waals surface area (Å²) in [6, 6.07) is 33.0. The molecule has 0 radical (unpaired) electrons. The molecule has 3 aliphatic heterocycles. The van der Waals surface area contributed by atoms with Crippen molar-refractivity contribution >= 4 is 35.3 Å². The van der Waals surface area contributed by atoms with Crippen molar-refractivity contribution in [1.82, 2.24) is 4.90 Å². The number of aliphatic carboxylic acids is 1. The van der Waals surface area contributed by atoms with Gasteiger partial charge < -0.3 is 24.4 Å². The number of aliphatic hydroxyl groups is 1. The summed E-state index contributed by atoms with van der Waals surface area (Å²) in [5.41, 5.74) is 0.101. The van der Waals surface area contributed by atoms with Crippen LogP contribution in [0.2, 0.25) is 0 Å². The van der Waals surface area contributed by atoms with E-state index in [2.05, 4.69) is 0 Å². The molecule has 14 nitrogen and oxygen atoms in total. The summed E-state index contributed by atoms with van der Waals surface area (Å²) < 4.78 is 17.7. The first-order chi connectivity index (χ1) is 27.7. The van der Waals surface area contributed by atoms with Gasteiger partial charge in [-0.25, -0.2) is 9.69 Å². The maximum Gasteiger partial charge on any atom is 0.421 e. The van der Waals surface area contributed by atoms with Gasteiger partial charge >= 0.3 is 18.0 Å². The Labute approximate surface area is 325 Å². The Balaban J connectivity index is 1.34. The molecule has 2 N–H and O–H groups in total. The van der Waals surface area contributed by atoms with E-state index in [0.29, 0.717) is 28.0 Å². The number of rotatable bonds is 10. The molecule has 3 heterocycles.